The number of ether oxygens (including phenoxy) is 1. The number of esters is 1. The highest BCUT2D eigenvalue weighted by Gasteiger charge is 2.66. The van der Waals surface area contributed by atoms with Crippen molar-refractivity contribution in [3.8, 4) is 0 Å². The number of methoxy groups -OCH3 is 1. The van der Waals surface area contributed by atoms with E-state index in [1.165, 1.54) is 32.8 Å². The molecule has 0 aromatic heterocycles. The van der Waals surface area contributed by atoms with Gasteiger partial charge in [-0.2, -0.15) is 0 Å². The lowest BCUT2D eigenvalue weighted by Crippen LogP contribution is -2.66. The van der Waals surface area contributed by atoms with Gasteiger partial charge in [-0.3, -0.25) is 4.90 Å². The van der Waals surface area contributed by atoms with E-state index in [4.69, 9.17) is 4.74 Å². The molecule has 1 spiro atoms. The van der Waals surface area contributed by atoms with Gasteiger partial charge >= 0.3 is 5.97 Å². The second-order valence-corrected chi connectivity index (χ2v) is 10.8. The topological polar surface area (TPSA) is 53.0 Å². The van der Waals surface area contributed by atoms with Crippen molar-refractivity contribution in [3.05, 3.63) is 36.0 Å². The van der Waals surface area contributed by atoms with Gasteiger partial charge in [-0.15, -0.1) is 0 Å². The molecule has 0 saturated carbocycles. The molecule has 6 atom stereocenters. The highest BCUT2D eigenvalue weighted by atomic mass is 16.5. The van der Waals surface area contributed by atoms with E-state index in [1.807, 2.05) is 6.08 Å². The lowest BCUT2D eigenvalue weighted by atomic mass is 9.55. The van der Waals surface area contributed by atoms with Crippen LogP contribution in [0.15, 0.2) is 36.0 Å². The van der Waals surface area contributed by atoms with Crippen molar-refractivity contribution in [1.29, 1.82) is 0 Å². The summed E-state index contributed by atoms with van der Waals surface area (Å²) in [5.74, 6) is -0.0757. The molecule has 4 aliphatic heterocycles. The van der Waals surface area contributed by atoms with Crippen LogP contribution in [0.5, 0.6) is 0 Å². The maximum atomic E-state index is 13.0. The molecule has 1 unspecified atom stereocenters. The fourth-order valence-electron chi connectivity index (χ4n) is 7.68. The van der Waals surface area contributed by atoms with Crippen LogP contribution in [-0.2, 0) is 9.53 Å². The van der Waals surface area contributed by atoms with Crippen LogP contribution in [0.25, 0.3) is 0 Å². The van der Waals surface area contributed by atoms with Crippen molar-refractivity contribution in [2.75, 3.05) is 33.3 Å². The summed E-state index contributed by atoms with van der Waals surface area (Å²) in [5.41, 5.74) is -0.379. The molecule has 3 bridgehead atoms. The standard InChI is InChI=1S/C27H40N2O3/c1-32-24(30)22-19-27(31)14-9-5-2-3-6-10-15-28-17-13-23(22)26(20-28)18-21-12-8-4-7-11-16-29(21)25(26)27/h2,5,8,12,19,21,23,25,31H,3-4,6-7,9-11,13-18,20H2,1H3/b5-2-,12-8-/t21-,23-,25+,26-,27-/m0/s1. The lowest BCUT2D eigenvalue weighted by molar-refractivity contribution is -0.142. The second-order valence-electron chi connectivity index (χ2n) is 10.8. The maximum Gasteiger partial charge on any atom is 0.333 e. The van der Waals surface area contributed by atoms with Crippen LogP contribution < -0.4 is 0 Å². The van der Waals surface area contributed by atoms with Crippen LogP contribution in [-0.4, -0.2) is 71.8 Å². The Balaban J connectivity index is 1.65. The smallest absolute Gasteiger partial charge is 0.333 e. The molecule has 5 heteroatoms. The minimum absolute atomic E-state index is 0.0538. The zero-order valence-corrected chi connectivity index (χ0v) is 19.7. The summed E-state index contributed by atoms with van der Waals surface area (Å²) < 4.78 is 5.27. The molecule has 1 N–H and O–H groups in total. The Hall–Kier alpha value is -1.43. The van der Waals surface area contributed by atoms with E-state index in [0.29, 0.717) is 12.5 Å². The molecule has 5 aliphatic rings. The normalized spacial score (nSPS) is 44.4. The van der Waals surface area contributed by atoms with Crippen molar-refractivity contribution in [2.24, 2.45) is 11.3 Å². The van der Waals surface area contributed by atoms with Gasteiger partial charge in [0.15, 0.2) is 0 Å². The molecular weight excluding hydrogens is 400 g/mol. The highest BCUT2D eigenvalue weighted by Crippen LogP contribution is 2.60. The summed E-state index contributed by atoms with van der Waals surface area (Å²) in [6.07, 6.45) is 21.8. The van der Waals surface area contributed by atoms with E-state index < -0.39 is 5.60 Å². The Labute approximate surface area is 193 Å². The van der Waals surface area contributed by atoms with Crippen molar-refractivity contribution in [2.45, 2.75) is 81.9 Å². The Morgan fingerprint density at radius 3 is 2.69 bits per heavy atom. The SMILES string of the molecule is COC(=O)C1=C[C@@]2(O)CC/C=C\CCCCN3CC[C@@H]1[C@]1(C[C@@H]4/C=C\CCCCN4[C@H]12)C3. The first-order valence-corrected chi connectivity index (χ1v) is 12.9. The van der Waals surface area contributed by atoms with Crippen LogP contribution in [0.1, 0.15) is 64.2 Å². The number of rotatable bonds is 1. The van der Waals surface area contributed by atoms with Crippen molar-refractivity contribution in [3.63, 3.8) is 0 Å². The number of piperidine rings is 1. The van der Waals surface area contributed by atoms with Gasteiger partial charge in [0.25, 0.3) is 0 Å². The fourth-order valence-corrected chi connectivity index (χ4v) is 7.68. The first-order valence-electron chi connectivity index (χ1n) is 12.9. The summed E-state index contributed by atoms with van der Waals surface area (Å²) in [5, 5.41) is 12.4. The average Bonchev–Trinajstić information content (AvgIpc) is 3.07. The number of fused-ring (bicyclic) bond motifs is 2. The lowest BCUT2D eigenvalue weighted by Gasteiger charge is -2.57. The van der Waals surface area contributed by atoms with Gasteiger partial charge in [0.05, 0.1) is 18.8 Å². The molecule has 2 fully saturated rings. The minimum atomic E-state index is -1.01. The summed E-state index contributed by atoms with van der Waals surface area (Å²) >= 11 is 0. The predicted molar refractivity (Wildman–Crippen MR) is 126 cm³/mol. The molecule has 4 heterocycles. The first-order chi connectivity index (χ1) is 15.6. The fraction of sp³-hybridized carbons (Fsp3) is 0.741. The number of hydrogen-bond donors (Lipinski definition) is 1. The molecule has 2 saturated heterocycles. The molecule has 5 rings (SSSR count). The average molecular weight is 441 g/mol. The number of aliphatic hydroxyl groups is 1. The van der Waals surface area contributed by atoms with Crippen LogP contribution in [0.2, 0.25) is 0 Å². The third-order valence-electron chi connectivity index (χ3n) is 8.88. The summed E-state index contributed by atoms with van der Waals surface area (Å²) in [4.78, 5) is 18.3. The highest BCUT2D eigenvalue weighted by molar-refractivity contribution is 5.90. The Morgan fingerprint density at radius 1 is 1.06 bits per heavy atom. The molecule has 5 nitrogen and oxygen atoms in total. The number of nitrogens with zero attached hydrogens (tertiary/aromatic N) is 2. The van der Waals surface area contributed by atoms with Crippen LogP contribution in [0, 0.1) is 11.3 Å². The number of carbonyl (C=O) groups is 1. The molecular formula is C27H40N2O3. The van der Waals surface area contributed by atoms with Crippen LogP contribution >= 0.6 is 0 Å². The van der Waals surface area contributed by atoms with Gasteiger partial charge < -0.3 is 14.7 Å². The van der Waals surface area contributed by atoms with E-state index in [-0.39, 0.29) is 23.3 Å². The molecule has 176 valence electrons. The van der Waals surface area contributed by atoms with Crippen molar-refractivity contribution >= 4 is 5.97 Å². The van der Waals surface area contributed by atoms with Gasteiger partial charge in [0.2, 0.25) is 0 Å². The van der Waals surface area contributed by atoms with Gasteiger partial charge in [-0.1, -0.05) is 24.3 Å². The van der Waals surface area contributed by atoms with Crippen LogP contribution in [0.4, 0.5) is 0 Å². The monoisotopic (exact) mass is 440 g/mol. The summed E-state index contributed by atoms with van der Waals surface area (Å²) in [6, 6.07) is 0.404. The van der Waals surface area contributed by atoms with E-state index >= 15 is 0 Å². The summed E-state index contributed by atoms with van der Waals surface area (Å²) in [6.45, 7) is 4.16. The molecule has 1 aliphatic carbocycles. The third-order valence-corrected chi connectivity index (χ3v) is 8.88. The van der Waals surface area contributed by atoms with E-state index in [1.54, 1.807) is 0 Å². The van der Waals surface area contributed by atoms with Crippen molar-refractivity contribution < 1.29 is 14.6 Å². The van der Waals surface area contributed by atoms with E-state index in [9.17, 15) is 9.90 Å². The predicted octanol–water partition coefficient (Wildman–Crippen LogP) is 3.84. The Morgan fingerprint density at radius 2 is 1.84 bits per heavy atom. The Kier molecular flexibility index (Phi) is 6.34. The van der Waals surface area contributed by atoms with Gasteiger partial charge in [0.1, 0.15) is 0 Å². The van der Waals surface area contributed by atoms with Gasteiger partial charge in [-0.05, 0) is 89.9 Å². The first kappa shape index (κ1) is 22.4. The zero-order valence-electron chi connectivity index (χ0n) is 19.7. The Bertz CT molecular complexity index is 805. The maximum absolute atomic E-state index is 13.0. The number of hydrogen-bond acceptors (Lipinski definition) is 5. The quantitative estimate of drug-likeness (QED) is 0.496. The van der Waals surface area contributed by atoms with E-state index in [0.717, 1.165) is 63.9 Å². The minimum Gasteiger partial charge on any atom is -0.466 e. The zero-order chi connectivity index (χ0) is 22.2. The summed E-state index contributed by atoms with van der Waals surface area (Å²) in [7, 11) is 1.48. The van der Waals surface area contributed by atoms with Gasteiger partial charge in [-0.25, -0.2) is 4.79 Å². The number of allylic oxidation sites excluding steroid dienone is 3. The molecule has 0 aromatic rings. The van der Waals surface area contributed by atoms with Crippen molar-refractivity contribution in [1.82, 2.24) is 9.80 Å². The largest absolute Gasteiger partial charge is 0.466 e. The number of carbonyl (C=O) groups excluding carboxylic acids is 1. The van der Waals surface area contributed by atoms with E-state index in [2.05, 4.69) is 34.1 Å². The molecule has 0 radical (unpaired) electrons. The molecule has 0 aromatic carbocycles. The van der Waals surface area contributed by atoms with Gasteiger partial charge in [0, 0.05) is 29.5 Å². The third kappa shape index (κ3) is 3.80. The molecule has 32 heavy (non-hydrogen) atoms. The second kappa shape index (κ2) is 9.08. The molecule has 0 amide bonds. The van der Waals surface area contributed by atoms with Crippen LogP contribution in [0.3, 0.4) is 0 Å².